The van der Waals surface area contributed by atoms with E-state index in [9.17, 15) is 9.59 Å². The Morgan fingerprint density at radius 3 is 3.08 bits per heavy atom. The van der Waals surface area contributed by atoms with Gasteiger partial charge < -0.3 is 15.0 Å². The number of nitrogens with zero attached hydrogens (tertiary/aromatic N) is 4. The predicted molar refractivity (Wildman–Crippen MR) is 91.1 cm³/mol. The zero-order chi connectivity index (χ0) is 17.6. The summed E-state index contributed by atoms with van der Waals surface area (Å²) in [4.78, 5) is 30.1. The van der Waals surface area contributed by atoms with Crippen LogP contribution in [0.5, 0.6) is 5.75 Å². The van der Waals surface area contributed by atoms with E-state index in [1.165, 1.54) is 6.33 Å². The fourth-order valence-electron chi connectivity index (χ4n) is 2.86. The first kappa shape index (κ1) is 16.9. The van der Waals surface area contributed by atoms with Crippen molar-refractivity contribution in [1.29, 1.82) is 0 Å². The van der Waals surface area contributed by atoms with Crippen molar-refractivity contribution < 1.29 is 14.3 Å². The van der Waals surface area contributed by atoms with Crippen molar-refractivity contribution in [3.63, 3.8) is 0 Å². The SMILES string of the molecule is COc1cccc(N2C[C@H](C(=O)NCCCn3cncn3)CC2=O)c1. The number of nitrogens with one attached hydrogen (secondary N) is 1. The summed E-state index contributed by atoms with van der Waals surface area (Å²) >= 11 is 0. The van der Waals surface area contributed by atoms with E-state index in [1.54, 1.807) is 29.1 Å². The molecule has 0 radical (unpaired) electrons. The lowest BCUT2D eigenvalue weighted by Gasteiger charge is -2.17. The van der Waals surface area contributed by atoms with E-state index in [2.05, 4.69) is 15.4 Å². The van der Waals surface area contributed by atoms with Gasteiger partial charge in [0.1, 0.15) is 18.4 Å². The standard InChI is InChI=1S/C17H21N5O3/c1-25-15-5-2-4-14(9-15)22-10-13(8-16(22)23)17(24)19-6-3-7-21-12-18-11-20-21/h2,4-5,9,11-13H,3,6-8,10H2,1H3,(H,19,24)/t13-/m1/s1. The largest absolute Gasteiger partial charge is 0.497 e. The van der Waals surface area contributed by atoms with Gasteiger partial charge in [-0.1, -0.05) is 6.07 Å². The van der Waals surface area contributed by atoms with Gasteiger partial charge in [0.15, 0.2) is 0 Å². The molecule has 8 nitrogen and oxygen atoms in total. The summed E-state index contributed by atoms with van der Waals surface area (Å²) in [5.41, 5.74) is 0.755. The van der Waals surface area contributed by atoms with Crippen LogP contribution in [-0.2, 0) is 16.1 Å². The summed E-state index contributed by atoms with van der Waals surface area (Å²) in [6.45, 7) is 1.63. The zero-order valence-electron chi connectivity index (χ0n) is 14.1. The molecule has 132 valence electrons. The van der Waals surface area contributed by atoms with Crippen LogP contribution in [-0.4, -0.2) is 46.8 Å². The van der Waals surface area contributed by atoms with Crippen LogP contribution in [0, 0.1) is 5.92 Å². The highest BCUT2D eigenvalue weighted by atomic mass is 16.5. The molecule has 0 aliphatic carbocycles. The zero-order valence-corrected chi connectivity index (χ0v) is 14.1. The molecule has 1 atom stereocenters. The molecule has 1 saturated heterocycles. The molecule has 25 heavy (non-hydrogen) atoms. The Balaban J connectivity index is 1.50. The molecular formula is C17H21N5O3. The Hall–Kier alpha value is -2.90. The Morgan fingerprint density at radius 2 is 2.32 bits per heavy atom. The molecular weight excluding hydrogens is 322 g/mol. The van der Waals surface area contributed by atoms with Crippen LogP contribution in [0.1, 0.15) is 12.8 Å². The highest BCUT2D eigenvalue weighted by molar-refractivity contribution is 6.00. The molecule has 0 unspecified atom stereocenters. The van der Waals surface area contributed by atoms with Crippen molar-refractivity contribution in [2.24, 2.45) is 5.92 Å². The number of ether oxygens (including phenoxy) is 1. The second kappa shape index (κ2) is 7.78. The third kappa shape index (κ3) is 4.14. The van der Waals surface area contributed by atoms with E-state index < -0.39 is 0 Å². The Kier molecular flexibility index (Phi) is 5.27. The third-order valence-electron chi connectivity index (χ3n) is 4.19. The lowest BCUT2D eigenvalue weighted by Crippen LogP contribution is -2.33. The van der Waals surface area contributed by atoms with Gasteiger partial charge in [0.25, 0.3) is 0 Å². The molecule has 0 spiro atoms. The number of amides is 2. The molecule has 2 amide bonds. The second-order valence-corrected chi connectivity index (χ2v) is 5.91. The minimum atomic E-state index is -0.329. The van der Waals surface area contributed by atoms with Gasteiger partial charge in [0.05, 0.1) is 13.0 Å². The van der Waals surface area contributed by atoms with Crippen LogP contribution < -0.4 is 15.0 Å². The van der Waals surface area contributed by atoms with Gasteiger partial charge in [-0.3, -0.25) is 14.3 Å². The molecule has 8 heteroatoms. The maximum atomic E-state index is 12.3. The lowest BCUT2D eigenvalue weighted by atomic mass is 10.1. The second-order valence-electron chi connectivity index (χ2n) is 5.91. The van der Waals surface area contributed by atoms with Gasteiger partial charge in [0, 0.05) is 37.8 Å². The normalized spacial score (nSPS) is 16.9. The molecule has 1 aromatic carbocycles. The van der Waals surface area contributed by atoms with Crippen molar-refractivity contribution in [2.45, 2.75) is 19.4 Å². The molecule has 2 heterocycles. The highest BCUT2D eigenvalue weighted by Crippen LogP contribution is 2.27. The first-order chi connectivity index (χ1) is 12.2. The quantitative estimate of drug-likeness (QED) is 0.753. The van der Waals surface area contributed by atoms with E-state index in [0.717, 1.165) is 12.1 Å². The summed E-state index contributed by atoms with van der Waals surface area (Å²) in [6, 6.07) is 7.30. The molecule has 1 fully saturated rings. The van der Waals surface area contributed by atoms with Crippen molar-refractivity contribution in [2.75, 3.05) is 25.1 Å². The number of carbonyl (C=O) groups excluding carboxylic acids is 2. The first-order valence-electron chi connectivity index (χ1n) is 8.22. The summed E-state index contributed by atoms with van der Waals surface area (Å²) < 4.78 is 6.91. The van der Waals surface area contributed by atoms with Gasteiger partial charge in [-0.2, -0.15) is 5.10 Å². The first-order valence-corrected chi connectivity index (χ1v) is 8.22. The van der Waals surface area contributed by atoms with Gasteiger partial charge in [-0.15, -0.1) is 0 Å². The summed E-state index contributed by atoms with van der Waals surface area (Å²) in [7, 11) is 1.58. The fourth-order valence-corrected chi connectivity index (χ4v) is 2.86. The van der Waals surface area contributed by atoms with Gasteiger partial charge >= 0.3 is 0 Å². The average Bonchev–Trinajstić information content (AvgIpc) is 3.28. The Labute approximate surface area is 145 Å². The number of methoxy groups -OCH3 is 1. The lowest BCUT2D eigenvalue weighted by molar-refractivity contribution is -0.126. The smallest absolute Gasteiger partial charge is 0.227 e. The average molecular weight is 343 g/mol. The van der Waals surface area contributed by atoms with Crippen LogP contribution in [0.3, 0.4) is 0 Å². The van der Waals surface area contributed by atoms with E-state index in [1.807, 2.05) is 18.2 Å². The number of carbonyl (C=O) groups is 2. The third-order valence-corrected chi connectivity index (χ3v) is 4.19. The maximum Gasteiger partial charge on any atom is 0.227 e. The molecule has 0 saturated carbocycles. The van der Waals surface area contributed by atoms with Gasteiger partial charge in [-0.05, 0) is 18.6 Å². The summed E-state index contributed by atoms with van der Waals surface area (Å²) in [5.74, 6) is 0.227. The summed E-state index contributed by atoms with van der Waals surface area (Å²) in [6.07, 6.45) is 4.11. The van der Waals surface area contributed by atoms with Crippen molar-refractivity contribution in [1.82, 2.24) is 20.1 Å². The number of benzene rings is 1. The molecule has 1 aliphatic heterocycles. The minimum Gasteiger partial charge on any atom is -0.497 e. The number of rotatable bonds is 7. The monoisotopic (exact) mass is 343 g/mol. The highest BCUT2D eigenvalue weighted by Gasteiger charge is 2.35. The molecule has 1 N–H and O–H groups in total. The number of aryl methyl sites for hydroxylation is 1. The number of aromatic nitrogens is 3. The van der Waals surface area contributed by atoms with Gasteiger partial charge in [-0.25, -0.2) is 4.98 Å². The van der Waals surface area contributed by atoms with Crippen LogP contribution in [0.15, 0.2) is 36.9 Å². The molecule has 1 aromatic heterocycles. The minimum absolute atomic E-state index is 0.0454. The van der Waals surface area contributed by atoms with E-state index in [4.69, 9.17) is 4.74 Å². The maximum absolute atomic E-state index is 12.3. The number of anilines is 1. The predicted octanol–water partition coefficient (Wildman–Crippen LogP) is 0.846. The van der Waals surface area contributed by atoms with Crippen LogP contribution in [0.25, 0.3) is 0 Å². The topological polar surface area (TPSA) is 89.3 Å². The van der Waals surface area contributed by atoms with E-state index in [-0.39, 0.29) is 24.2 Å². The van der Waals surface area contributed by atoms with Crippen molar-refractivity contribution >= 4 is 17.5 Å². The fraction of sp³-hybridized carbons (Fsp3) is 0.412. The number of hydrogen-bond donors (Lipinski definition) is 1. The molecule has 3 rings (SSSR count). The van der Waals surface area contributed by atoms with E-state index in [0.29, 0.717) is 25.4 Å². The van der Waals surface area contributed by atoms with Crippen molar-refractivity contribution in [3.8, 4) is 5.75 Å². The van der Waals surface area contributed by atoms with Crippen LogP contribution in [0.2, 0.25) is 0 Å². The Bertz CT molecular complexity index is 732. The van der Waals surface area contributed by atoms with Crippen LogP contribution >= 0.6 is 0 Å². The molecule has 1 aliphatic rings. The summed E-state index contributed by atoms with van der Waals surface area (Å²) in [5, 5.41) is 6.91. The molecule has 2 aromatic rings. The van der Waals surface area contributed by atoms with Gasteiger partial charge in [0.2, 0.25) is 11.8 Å². The number of hydrogen-bond acceptors (Lipinski definition) is 5. The molecule has 0 bridgehead atoms. The van der Waals surface area contributed by atoms with Crippen molar-refractivity contribution in [3.05, 3.63) is 36.9 Å². The Morgan fingerprint density at radius 1 is 1.44 bits per heavy atom. The van der Waals surface area contributed by atoms with Crippen LogP contribution in [0.4, 0.5) is 5.69 Å². The van der Waals surface area contributed by atoms with E-state index >= 15 is 0 Å².